The van der Waals surface area contributed by atoms with Crippen molar-refractivity contribution in [1.82, 2.24) is 24.4 Å². The Balaban J connectivity index is 1.47. The van der Waals surface area contributed by atoms with Crippen LogP contribution in [0.1, 0.15) is 42.6 Å². The van der Waals surface area contributed by atoms with Crippen LogP contribution < -0.4 is 15.5 Å². The fraction of sp³-hybridized carbons (Fsp3) is 0.480. The Morgan fingerprint density at radius 3 is 2.53 bits per heavy atom. The van der Waals surface area contributed by atoms with Gasteiger partial charge in [-0.25, -0.2) is 14.4 Å². The predicted octanol–water partition coefficient (Wildman–Crippen LogP) is 4.47. The Kier molecular flexibility index (Phi) is 5.89. The molecule has 0 radical (unpaired) electrons. The van der Waals surface area contributed by atoms with Gasteiger partial charge in [0.2, 0.25) is 5.95 Å². The van der Waals surface area contributed by atoms with Gasteiger partial charge < -0.3 is 25.0 Å². The van der Waals surface area contributed by atoms with Gasteiger partial charge in [0, 0.05) is 44.6 Å². The van der Waals surface area contributed by atoms with Crippen molar-refractivity contribution in [3.8, 4) is 0 Å². The van der Waals surface area contributed by atoms with Crippen LogP contribution in [0.5, 0.6) is 0 Å². The molecule has 2 N–H and O–H groups in total. The number of rotatable bonds is 6. The number of anilines is 5. The molecule has 0 aromatic carbocycles. The molecule has 1 saturated heterocycles. The summed E-state index contributed by atoms with van der Waals surface area (Å²) in [5.74, 6) is 1.84. The summed E-state index contributed by atoms with van der Waals surface area (Å²) in [7, 11) is 4.18. The molecule has 4 heterocycles. The highest BCUT2D eigenvalue weighted by molar-refractivity contribution is 5.73. The van der Waals surface area contributed by atoms with E-state index >= 15 is 0 Å². The summed E-state index contributed by atoms with van der Waals surface area (Å²) < 4.78 is 16.6. The van der Waals surface area contributed by atoms with Gasteiger partial charge in [0.1, 0.15) is 11.6 Å². The van der Waals surface area contributed by atoms with E-state index in [9.17, 15) is 4.39 Å². The van der Waals surface area contributed by atoms with Crippen molar-refractivity contribution in [3.63, 3.8) is 0 Å². The summed E-state index contributed by atoms with van der Waals surface area (Å²) in [5, 5.41) is 6.71. The molecule has 1 atom stereocenters. The van der Waals surface area contributed by atoms with Crippen molar-refractivity contribution >= 4 is 29.0 Å². The minimum absolute atomic E-state index is 0.199. The van der Waals surface area contributed by atoms with Crippen LogP contribution >= 0.6 is 0 Å². The summed E-state index contributed by atoms with van der Waals surface area (Å²) in [5.41, 5.74) is 4.22. The predicted molar refractivity (Wildman–Crippen MR) is 134 cm³/mol. The van der Waals surface area contributed by atoms with Crippen molar-refractivity contribution in [1.29, 1.82) is 0 Å². The molecule has 1 saturated carbocycles. The Labute approximate surface area is 200 Å². The Bertz CT molecular complexity index is 1180. The number of halogens is 1. The third-order valence-corrected chi connectivity index (χ3v) is 6.99. The molecule has 0 bridgehead atoms. The first-order chi connectivity index (χ1) is 16.3. The quantitative estimate of drug-likeness (QED) is 0.557. The fourth-order valence-corrected chi connectivity index (χ4v) is 4.46. The number of aromatic nitrogens is 4. The van der Waals surface area contributed by atoms with Gasteiger partial charge in [-0.3, -0.25) is 0 Å². The number of hydrogen-bond donors (Lipinski definition) is 2. The number of hydrogen-bond acceptors (Lipinski definition) is 7. The average molecular weight is 465 g/mol. The van der Waals surface area contributed by atoms with Gasteiger partial charge in [-0.2, -0.15) is 4.98 Å². The molecular weight excluding hydrogens is 431 g/mol. The third kappa shape index (κ3) is 4.57. The van der Waals surface area contributed by atoms with Crippen LogP contribution in [0.15, 0.2) is 24.5 Å². The van der Waals surface area contributed by atoms with Crippen LogP contribution in [0.3, 0.4) is 0 Å². The van der Waals surface area contributed by atoms with Crippen LogP contribution in [0.2, 0.25) is 0 Å². The Morgan fingerprint density at radius 1 is 1.06 bits per heavy atom. The molecule has 1 aliphatic carbocycles. The highest BCUT2D eigenvalue weighted by atomic mass is 19.1. The van der Waals surface area contributed by atoms with Crippen molar-refractivity contribution in [2.24, 2.45) is 7.05 Å². The van der Waals surface area contributed by atoms with Gasteiger partial charge >= 0.3 is 0 Å². The van der Waals surface area contributed by atoms with Gasteiger partial charge in [0.15, 0.2) is 5.82 Å². The van der Waals surface area contributed by atoms with E-state index in [0.29, 0.717) is 29.4 Å². The first-order valence-corrected chi connectivity index (χ1v) is 11.9. The Morgan fingerprint density at radius 2 is 1.85 bits per heavy atom. The highest BCUT2D eigenvalue weighted by Gasteiger charge is 2.28. The zero-order valence-electron chi connectivity index (χ0n) is 20.6. The largest absolute Gasteiger partial charge is 0.364 e. The van der Waals surface area contributed by atoms with Crippen molar-refractivity contribution in [3.05, 3.63) is 47.3 Å². The van der Waals surface area contributed by atoms with Crippen molar-refractivity contribution < 1.29 is 4.39 Å². The third-order valence-electron chi connectivity index (χ3n) is 6.99. The summed E-state index contributed by atoms with van der Waals surface area (Å²) >= 11 is 0. The van der Waals surface area contributed by atoms with Gasteiger partial charge in [0.25, 0.3) is 0 Å². The van der Waals surface area contributed by atoms with Crippen LogP contribution in [0.25, 0.3) is 0 Å². The molecular formula is C25H33FN8. The van der Waals surface area contributed by atoms with Gasteiger partial charge in [-0.1, -0.05) is 0 Å². The summed E-state index contributed by atoms with van der Waals surface area (Å²) in [6, 6.07) is 4.33. The normalized spacial score (nSPS) is 18.9. The van der Waals surface area contributed by atoms with Gasteiger partial charge in [0.05, 0.1) is 23.3 Å². The summed E-state index contributed by atoms with van der Waals surface area (Å²) in [6.45, 7) is 8.79. The molecule has 2 aliphatic rings. The number of likely N-dealkylation sites (N-methyl/N-ethyl adjacent to an activating group) is 1. The second-order valence-corrected chi connectivity index (χ2v) is 9.70. The number of aryl methyl sites for hydroxylation is 3. The van der Waals surface area contributed by atoms with E-state index in [4.69, 9.17) is 4.98 Å². The molecule has 1 aliphatic heterocycles. The lowest BCUT2D eigenvalue weighted by atomic mass is 10.1. The highest BCUT2D eigenvalue weighted by Crippen LogP contribution is 2.42. The molecule has 0 unspecified atom stereocenters. The van der Waals surface area contributed by atoms with Crippen LogP contribution in [-0.2, 0) is 7.05 Å². The monoisotopic (exact) mass is 464 g/mol. The smallest absolute Gasteiger partial charge is 0.230 e. The molecule has 5 rings (SSSR count). The molecule has 9 heteroatoms. The zero-order valence-corrected chi connectivity index (χ0v) is 20.6. The van der Waals surface area contributed by atoms with Crippen molar-refractivity contribution in [2.75, 3.05) is 42.2 Å². The molecule has 3 aromatic rings. The molecule has 34 heavy (non-hydrogen) atoms. The number of piperazine rings is 1. The molecule has 180 valence electrons. The molecule has 3 aromatic heterocycles. The van der Waals surface area contributed by atoms with E-state index in [1.54, 1.807) is 13.0 Å². The maximum atomic E-state index is 14.5. The van der Waals surface area contributed by atoms with Gasteiger partial charge in [-0.05, 0) is 64.3 Å². The number of nitrogens with zero attached hydrogens (tertiary/aromatic N) is 6. The van der Waals surface area contributed by atoms with Crippen LogP contribution in [0, 0.1) is 19.7 Å². The maximum absolute atomic E-state index is 14.5. The van der Waals surface area contributed by atoms with Crippen molar-refractivity contribution in [2.45, 2.75) is 45.6 Å². The SMILES string of the molecule is Cc1nc(Nc2ncc(N3CCN(C)[C@H](C)C3)c(Nc3cc(C)n(C)c3)n2)cc(C2CC2)c1F. The molecule has 0 spiro atoms. The topological polar surface area (TPSA) is 74.1 Å². The second-order valence-electron chi connectivity index (χ2n) is 9.70. The van der Waals surface area contributed by atoms with Gasteiger partial charge in [-0.15, -0.1) is 0 Å². The second kappa shape index (κ2) is 8.87. The van der Waals surface area contributed by atoms with E-state index < -0.39 is 0 Å². The lowest BCUT2D eigenvalue weighted by molar-refractivity contribution is 0.234. The standard InChI is InChI=1S/C25H33FN8/c1-15-10-19(14-33(15)5)29-24-21(34-9-8-32(4)16(2)13-34)12-27-25(31-24)30-22-11-20(18-6-7-18)23(26)17(3)28-22/h10-12,14,16,18H,6-9,13H2,1-5H3,(H2,27,28,29,30,31)/t16-/m1/s1. The fourth-order valence-electron chi connectivity index (χ4n) is 4.46. The summed E-state index contributed by atoms with van der Waals surface area (Å²) in [4.78, 5) is 18.5. The lowest BCUT2D eigenvalue weighted by Gasteiger charge is -2.39. The minimum Gasteiger partial charge on any atom is -0.364 e. The molecule has 2 fully saturated rings. The molecule has 0 amide bonds. The van der Waals surface area contributed by atoms with E-state index in [2.05, 4.69) is 61.9 Å². The zero-order chi connectivity index (χ0) is 24.0. The van der Waals surface area contributed by atoms with Crippen LogP contribution in [-0.4, -0.2) is 57.1 Å². The van der Waals surface area contributed by atoms with E-state index in [1.165, 1.54) is 0 Å². The summed E-state index contributed by atoms with van der Waals surface area (Å²) in [6.07, 6.45) is 5.97. The first-order valence-electron chi connectivity index (χ1n) is 11.9. The van der Waals surface area contributed by atoms with E-state index in [1.807, 2.05) is 19.4 Å². The number of pyridine rings is 1. The Hall–Kier alpha value is -3.20. The minimum atomic E-state index is -0.199. The maximum Gasteiger partial charge on any atom is 0.230 e. The first kappa shape index (κ1) is 22.6. The van der Waals surface area contributed by atoms with E-state index in [-0.39, 0.29) is 5.82 Å². The number of nitrogens with one attached hydrogen (secondary N) is 2. The van der Waals surface area contributed by atoms with Crippen LogP contribution in [0.4, 0.5) is 33.3 Å². The molecule has 8 nitrogen and oxygen atoms in total. The lowest BCUT2D eigenvalue weighted by Crippen LogP contribution is -2.50. The average Bonchev–Trinajstić information content (AvgIpc) is 3.58. The van der Waals surface area contributed by atoms with E-state index in [0.717, 1.165) is 60.9 Å².